The lowest BCUT2D eigenvalue weighted by Crippen LogP contribution is -2.23. The molecule has 1 aromatic carbocycles. The van der Waals surface area contributed by atoms with Crippen LogP contribution in [-0.2, 0) is 6.42 Å². The Kier molecular flexibility index (Phi) is 5.06. The summed E-state index contributed by atoms with van der Waals surface area (Å²) < 4.78 is 5.52. The maximum atomic E-state index is 6.31. The van der Waals surface area contributed by atoms with Crippen molar-refractivity contribution in [3.63, 3.8) is 0 Å². The van der Waals surface area contributed by atoms with E-state index in [1.165, 1.54) is 5.56 Å². The second kappa shape index (κ2) is 6.78. The maximum absolute atomic E-state index is 6.31. The number of nitrogens with one attached hydrogen (secondary N) is 1. The minimum absolute atomic E-state index is 0.176. The van der Waals surface area contributed by atoms with Crippen molar-refractivity contribution in [1.29, 1.82) is 0 Å². The molecule has 3 heteroatoms. The van der Waals surface area contributed by atoms with E-state index < -0.39 is 0 Å². The highest BCUT2D eigenvalue weighted by Gasteiger charge is 2.15. The predicted molar refractivity (Wildman–Crippen MR) is 79.6 cm³/mol. The van der Waals surface area contributed by atoms with Gasteiger partial charge in [0.25, 0.3) is 0 Å². The normalized spacial score (nSPS) is 12.6. The summed E-state index contributed by atoms with van der Waals surface area (Å²) in [4.78, 5) is 0. The molecule has 19 heavy (non-hydrogen) atoms. The third-order valence-electron chi connectivity index (χ3n) is 3.16. The van der Waals surface area contributed by atoms with Crippen molar-refractivity contribution >= 4 is 11.6 Å². The second-order valence-electron chi connectivity index (χ2n) is 4.82. The molecule has 1 N–H and O–H groups in total. The van der Waals surface area contributed by atoms with Crippen LogP contribution in [0, 0.1) is 6.92 Å². The number of benzene rings is 1. The molecule has 0 amide bonds. The Hall–Kier alpha value is -1.25. The van der Waals surface area contributed by atoms with Gasteiger partial charge in [-0.25, -0.2) is 0 Å². The summed E-state index contributed by atoms with van der Waals surface area (Å²) in [6.45, 7) is 5.18. The number of hydrogen-bond donors (Lipinski definition) is 1. The average molecular weight is 278 g/mol. The number of furan rings is 1. The first-order valence-corrected chi connectivity index (χ1v) is 7.10. The van der Waals surface area contributed by atoms with Crippen LogP contribution >= 0.6 is 11.6 Å². The van der Waals surface area contributed by atoms with Crippen LogP contribution in [0.3, 0.4) is 0 Å². The highest BCUT2D eigenvalue weighted by molar-refractivity contribution is 6.31. The van der Waals surface area contributed by atoms with Crippen LogP contribution < -0.4 is 5.32 Å². The van der Waals surface area contributed by atoms with Gasteiger partial charge in [0.1, 0.15) is 5.76 Å². The van der Waals surface area contributed by atoms with Crippen molar-refractivity contribution in [2.24, 2.45) is 0 Å². The van der Waals surface area contributed by atoms with E-state index in [1.54, 1.807) is 6.26 Å². The molecule has 0 bridgehead atoms. The summed E-state index contributed by atoms with van der Waals surface area (Å²) >= 11 is 6.31. The number of hydrogen-bond acceptors (Lipinski definition) is 2. The van der Waals surface area contributed by atoms with Crippen LogP contribution in [0.15, 0.2) is 41.0 Å². The number of rotatable bonds is 6. The van der Waals surface area contributed by atoms with Crippen LogP contribution in [-0.4, -0.2) is 6.54 Å². The fraction of sp³-hybridized carbons (Fsp3) is 0.375. The second-order valence-corrected chi connectivity index (χ2v) is 5.23. The Bertz CT molecular complexity index is 507. The minimum atomic E-state index is 0.176. The molecule has 0 spiro atoms. The fourth-order valence-electron chi connectivity index (χ4n) is 2.12. The monoisotopic (exact) mass is 277 g/mol. The van der Waals surface area contributed by atoms with Gasteiger partial charge in [0.2, 0.25) is 0 Å². The average Bonchev–Trinajstić information content (AvgIpc) is 2.90. The number of aryl methyl sites for hydroxylation is 1. The first-order valence-electron chi connectivity index (χ1n) is 6.72. The Labute approximate surface area is 119 Å². The lowest BCUT2D eigenvalue weighted by molar-refractivity contribution is 0.410. The predicted octanol–water partition coefficient (Wildman–Crippen LogP) is 4.52. The molecule has 2 aromatic rings. The Morgan fingerprint density at radius 1 is 1.32 bits per heavy atom. The quantitative estimate of drug-likeness (QED) is 0.839. The topological polar surface area (TPSA) is 25.2 Å². The van der Waals surface area contributed by atoms with Gasteiger partial charge in [0.15, 0.2) is 0 Å². The van der Waals surface area contributed by atoms with Gasteiger partial charge >= 0.3 is 0 Å². The molecule has 0 aliphatic carbocycles. The molecule has 1 heterocycles. The van der Waals surface area contributed by atoms with E-state index >= 15 is 0 Å². The van der Waals surface area contributed by atoms with Gasteiger partial charge in [-0.05, 0) is 55.6 Å². The lowest BCUT2D eigenvalue weighted by Gasteiger charge is -2.17. The molecule has 0 aliphatic rings. The van der Waals surface area contributed by atoms with E-state index in [4.69, 9.17) is 16.0 Å². The molecule has 1 aromatic heterocycles. The molecule has 2 nitrogen and oxygen atoms in total. The van der Waals surface area contributed by atoms with Gasteiger partial charge in [-0.3, -0.25) is 0 Å². The molecule has 0 saturated heterocycles. The molecule has 0 radical (unpaired) electrons. The van der Waals surface area contributed by atoms with Crippen molar-refractivity contribution in [2.45, 2.75) is 32.7 Å². The van der Waals surface area contributed by atoms with Crippen LogP contribution in [0.5, 0.6) is 0 Å². The fourth-order valence-corrected chi connectivity index (χ4v) is 2.43. The summed E-state index contributed by atoms with van der Waals surface area (Å²) in [5, 5.41) is 4.34. The molecular formula is C16H20ClNO. The molecule has 102 valence electrons. The van der Waals surface area contributed by atoms with Gasteiger partial charge in [0, 0.05) is 5.02 Å². The summed E-state index contributed by atoms with van der Waals surface area (Å²) in [5.41, 5.74) is 2.34. The minimum Gasteiger partial charge on any atom is -0.468 e. The van der Waals surface area contributed by atoms with E-state index in [2.05, 4.69) is 31.3 Å². The standard InChI is InChI=1S/C16H20ClNO/c1-3-8-18-15(16-5-4-9-19-16)11-13-7-6-12(2)10-14(13)17/h4-7,9-10,15,18H,3,8,11H2,1-2H3. The van der Waals surface area contributed by atoms with Gasteiger partial charge in [-0.15, -0.1) is 0 Å². The van der Waals surface area contributed by atoms with Crippen LogP contribution in [0.1, 0.15) is 36.3 Å². The third-order valence-corrected chi connectivity index (χ3v) is 3.51. The zero-order valence-electron chi connectivity index (χ0n) is 11.4. The molecular weight excluding hydrogens is 258 g/mol. The van der Waals surface area contributed by atoms with Crippen molar-refractivity contribution < 1.29 is 4.42 Å². The summed E-state index contributed by atoms with van der Waals surface area (Å²) in [6, 6.07) is 10.3. The summed E-state index contributed by atoms with van der Waals surface area (Å²) in [6.07, 6.45) is 3.65. The third kappa shape index (κ3) is 3.85. The van der Waals surface area contributed by atoms with Crippen molar-refractivity contribution in [2.75, 3.05) is 6.54 Å². The summed E-state index contributed by atoms with van der Waals surface area (Å²) in [7, 11) is 0. The first-order chi connectivity index (χ1) is 9.20. The number of halogens is 1. The molecule has 0 saturated carbocycles. The lowest BCUT2D eigenvalue weighted by atomic mass is 10.0. The molecule has 1 unspecified atom stereocenters. The van der Waals surface area contributed by atoms with Gasteiger partial charge in [0.05, 0.1) is 12.3 Å². The Morgan fingerprint density at radius 3 is 2.79 bits per heavy atom. The zero-order chi connectivity index (χ0) is 13.7. The first kappa shape index (κ1) is 14.2. The van der Waals surface area contributed by atoms with Crippen LogP contribution in [0.25, 0.3) is 0 Å². The SMILES string of the molecule is CCCNC(Cc1ccc(C)cc1Cl)c1ccco1. The van der Waals surface area contributed by atoms with Crippen molar-refractivity contribution in [3.05, 3.63) is 58.5 Å². The van der Waals surface area contributed by atoms with Crippen LogP contribution in [0.4, 0.5) is 0 Å². The Morgan fingerprint density at radius 2 is 2.16 bits per heavy atom. The van der Waals surface area contributed by atoms with E-state index in [0.29, 0.717) is 0 Å². The van der Waals surface area contributed by atoms with Crippen molar-refractivity contribution in [1.82, 2.24) is 5.32 Å². The summed E-state index contributed by atoms with van der Waals surface area (Å²) in [5.74, 6) is 0.963. The zero-order valence-corrected chi connectivity index (χ0v) is 12.2. The van der Waals surface area contributed by atoms with E-state index in [-0.39, 0.29) is 6.04 Å². The van der Waals surface area contributed by atoms with Crippen LogP contribution in [0.2, 0.25) is 5.02 Å². The van der Waals surface area contributed by atoms with Crippen molar-refractivity contribution in [3.8, 4) is 0 Å². The smallest absolute Gasteiger partial charge is 0.121 e. The highest BCUT2D eigenvalue weighted by atomic mass is 35.5. The van der Waals surface area contributed by atoms with E-state index in [1.807, 2.05) is 18.2 Å². The van der Waals surface area contributed by atoms with Gasteiger partial charge in [-0.1, -0.05) is 30.7 Å². The molecule has 0 fully saturated rings. The maximum Gasteiger partial charge on any atom is 0.121 e. The van der Waals surface area contributed by atoms with E-state index in [0.717, 1.165) is 35.7 Å². The van der Waals surface area contributed by atoms with Gasteiger partial charge < -0.3 is 9.73 Å². The molecule has 2 rings (SSSR count). The molecule has 0 aliphatic heterocycles. The van der Waals surface area contributed by atoms with Gasteiger partial charge in [-0.2, -0.15) is 0 Å². The Balaban J connectivity index is 2.15. The molecule has 1 atom stereocenters. The van der Waals surface area contributed by atoms with E-state index in [9.17, 15) is 0 Å². The largest absolute Gasteiger partial charge is 0.468 e. The highest BCUT2D eigenvalue weighted by Crippen LogP contribution is 2.24.